The lowest BCUT2D eigenvalue weighted by atomic mass is 10.1. The van der Waals surface area contributed by atoms with Crippen LogP contribution in [0.5, 0.6) is 0 Å². The molecule has 1 fully saturated rings. The molecule has 0 amide bonds. The molecule has 0 atom stereocenters. The summed E-state index contributed by atoms with van der Waals surface area (Å²) in [6.07, 6.45) is 1.14. The molecular formula is C22H25FN2O. The van der Waals surface area contributed by atoms with Crippen LogP contribution in [0.2, 0.25) is 0 Å². The Morgan fingerprint density at radius 2 is 1.35 bits per heavy atom. The number of benzene rings is 2. The fourth-order valence-corrected chi connectivity index (χ4v) is 3.28. The van der Waals surface area contributed by atoms with Gasteiger partial charge in [0.25, 0.3) is 0 Å². The molecule has 4 heteroatoms. The van der Waals surface area contributed by atoms with Gasteiger partial charge in [0.05, 0.1) is 0 Å². The van der Waals surface area contributed by atoms with E-state index in [1.165, 1.54) is 23.3 Å². The van der Waals surface area contributed by atoms with Crippen LogP contribution in [0, 0.1) is 17.7 Å². The average molecular weight is 352 g/mol. The number of hydrogen-bond donors (Lipinski definition) is 1. The fourth-order valence-electron chi connectivity index (χ4n) is 3.28. The van der Waals surface area contributed by atoms with Gasteiger partial charge >= 0.3 is 0 Å². The topological polar surface area (TPSA) is 26.7 Å². The molecule has 1 heterocycles. The Morgan fingerprint density at radius 1 is 0.808 bits per heavy atom. The predicted molar refractivity (Wildman–Crippen MR) is 102 cm³/mol. The highest BCUT2D eigenvalue weighted by Crippen LogP contribution is 2.13. The van der Waals surface area contributed by atoms with Crippen molar-refractivity contribution in [3.63, 3.8) is 0 Å². The van der Waals surface area contributed by atoms with Crippen molar-refractivity contribution >= 4 is 0 Å². The largest absolute Gasteiger partial charge is 0.384 e. The van der Waals surface area contributed by atoms with Gasteiger partial charge in [-0.2, -0.15) is 0 Å². The third kappa shape index (κ3) is 5.67. The molecule has 1 aliphatic heterocycles. The summed E-state index contributed by atoms with van der Waals surface area (Å²) in [4.78, 5) is 4.93. The molecule has 3 rings (SSSR count). The van der Waals surface area contributed by atoms with E-state index in [9.17, 15) is 4.39 Å². The molecule has 2 aromatic rings. The van der Waals surface area contributed by atoms with Crippen LogP contribution in [0.1, 0.15) is 23.1 Å². The summed E-state index contributed by atoms with van der Waals surface area (Å²) in [5.41, 5.74) is 3.38. The van der Waals surface area contributed by atoms with Gasteiger partial charge in [-0.1, -0.05) is 36.1 Å². The van der Waals surface area contributed by atoms with Crippen LogP contribution in [0.4, 0.5) is 4.39 Å². The van der Waals surface area contributed by atoms with Gasteiger partial charge in [-0.25, -0.2) is 4.39 Å². The maximum Gasteiger partial charge on any atom is 0.123 e. The molecule has 136 valence electrons. The van der Waals surface area contributed by atoms with Gasteiger partial charge in [0, 0.05) is 31.7 Å². The van der Waals surface area contributed by atoms with Crippen LogP contribution in [-0.4, -0.2) is 47.7 Å². The summed E-state index contributed by atoms with van der Waals surface area (Å²) in [6.45, 7) is 5.94. The zero-order chi connectivity index (χ0) is 18.2. The lowest BCUT2D eigenvalue weighted by Crippen LogP contribution is -2.30. The van der Waals surface area contributed by atoms with Crippen molar-refractivity contribution in [3.8, 4) is 11.8 Å². The van der Waals surface area contributed by atoms with Crippen molar-refractivity contribution in [1.82, 2.24) is 9.80 Å². The smallest absolute Gasteiger partial charge is 0.123 e. The van der Waals surface area contributed by atoms with Crippen molar-refractivity contribution in [2.24, 2.45) is 0 Å². The minimum atomic E-state index is -0.177. The molecule has 26 heavy (non-hydrogen) atoms. The van der Waals surface area contributed by atoms with Crippen molar-refractivity contribution in [3.05, 3.63) is 71.0 Å². The highest BCUT2D eigenvalue weighted by molar-refractivity contribution is 5.36. The van der Waals surface area contributed by atoms with E-state index in [0.29, 0.717) is 0 Å². The minimum Gasteiger partial charge on any atom is -0.384 e. The SMILES string of the molecule is OCC#Cc1ccc(CN2CCCN(Cc3ccc(F)cc3)CC2)cc1. The molecule has 0 unspecified atom stereocenters. The fraction of sp³-hybridized carbons (Fsp3) is 0.364. The summed E-state index contributed by atoms with van der Waals surface area (Å²) >= 11 is 0. The normalized spacial score (nSPS) is 15.9. The van der Waals surface area contributed by atoms with E-state index in [-0.39, 0.29) is 12.4 Å². The molecule has 0 aliphatic carbocycles. The standard InChI is InChI=1S/C22H25FN2O/c23-22-10-8-21(9-11-22)18-25-13-2-12-24(14-15-25)17-20-6-4-19(5-7-20)3-1-16-26/h4-11,26H,2,12-18H2. The third-order valence-corrected chi connectivity index (χ3v) is 4.67. The van der Waals surface area contributed by atoms with Crippen LogP contribution in [-0.2, 0) is 13.1 Å². The summed E-state index contributed by atoms with van der Waals surface area (Å²) in [5.74, 6) is 5.42. The summed E-state index contributed by atoms with van der Waals surface area (Å²) in [7, 11) is 0. The van der Waals surface area contributed by atoms with Crippen LogP contribution in [0.25, 0.3) is 0 Å². The van der Waals surface area contributed by atoms with E-state index < -0.39 is 0 Å². The summed E-state index contributed by atoms with van der Waals surface area (Å²) in [6, 6.07) is 15.1. The van der Waals surface area contributed by atoms with Gasteiger partial charge in [-0.05, 0) is 54.9 Å². The minimum absolute atomic E-state index is 0.107. The second kappa shape index (κ2) is 9.49. The zero-order valence-electron chi connectivity index (χ0n) is 15.0. The highest BCUT2D eigenvalue weighted by Gasteiger charge is 2.15. The Kier molecular flexibility index (Phi) is 6.79. The molecule has 0 spiro atoms. The van der Waals surface area contributed by atoms with Crippen LogP contribution >= 0.6 is 0 Å². The van der Waals surface area contributed by atoms with E-state index in [0.717, 1.165) is 51.3 Å². The van der Waals surface area contributed by atoms with Crippen molar-refractivity contribution in [2.45, 2.75) is 19.5 Å². The lowest BCUT2D eigenvalue weighted by molar-refractivity contribution is 0.247. The second-order valence-corrected chi connectivity index (χ2v) is 6.69. The average Bonchev–Trinajstić information content (AvgIpc) is 2.88. The molecule has 0 bridgehead atoms. The molecule has 0 saturated carbocycles. The summed E-state index contributed by atoms with van der Waals surface area (Å²) < 4.78 is 13.0. The van der Waals surface area contributed by atoms with Gasteiger partial charge in [0.15, 0.2) is 0 Å². The molecule has 3 nitrogen and oxygen atoms in total. The highest BCUT2D eigenvalue weighted by atomic mass is 19.1. The molecule has 0 radical (unpaired) electrons. The first-order valence-electron chi connectivity index (χ1n) is 9.11. The number of aliphatic hydroxyl groups is 1. The van der Waals surface area contributed by atoms with Gasteiger partial charge in [-0.15, -0.1) is 0 Å². The Labute approximate surface area is 155 Å². The molecule has 2 aromatic carbocycles. The van der Waals surface area contributed by atoms with Crippen molar-refractivity contribution in [1.29, 1.82) is 0 Å². The molecule has 1 aliphatic rings. The van der Waals surface area contributed by atoms with E-state index in [1.807, 2.05) is 24.3 Å². The second-order valence-electron chi connectivity index (χ2n) is 6.69. The number of rotatable bonds is 4. The first-order valence-corrected chi connectivity index (χ1v) is 9.11. The first kappa shape index (κ1) is 18.6. The monoisotopic (exact) mass is 352 g/mol. The van der Waals surface area contributed by atoms with Crippen LogP contribution in [0.15, 0.2) is 48.5 Å². The number of hydrogen-bond acceptors (Lipinski definition) is 3. The van der Waals surface area contributed by atoms with Crippen molar-refractivity contribution in [2.75, 3.05) is 32.8 Å². The van der Waals surface area contributed by atoms with E-state index in [2.05, 4.69) is 33.8 Å². The molecule has 1 N–H and O–H groups in total. The Bertz CT molecular complexity index is 746. The molecule has 1 saturated heterocycles. The number of halogens is 1. The maximum absolute atomic E-state index is 13.0. The van der Waals surface area contributed by atoms with Gasteiger partial charge in [0.1, 0.15) is 12.4 Å². The van der Waals surface area contributed by atoms with E-state index in [1.54, 1.807) is 0 Å². The first-order chi connectivity index (χ1) is 12.7. The van der Waals surface area contributed by atoms with Crippen LogP contribution in [0.3, 0.4) is 0 Å². The quantitative estimate of drug-likeness (QED) is 0.857. The van der Waals surface area contributed by atoms with E-state index in [4.69, 9.17) is 5.11 Å². The number of nitrogens with zero attached hydrogens (tertiary/aromatic N) is 2. The lowest BCUT2D eigenvalue weighted by Gasteiger charge is -2.22. The molecule has 0 aromatic heterocycles. The molecular weight excluding hydrogens is 327 g/mol. The van der Waals surface area contributed by atoms with Gasteiger partial charge < -0.3 is 5.11 Å². The summed E-state index contributed by atoms with van der Waals surface area (Å²) in [5, 5.41) is 8.75. The van der Waals surface area contributed by atoms with Crippen molar-refractivity contribution < 1.29 is 9.50 Å². The zero-order valence-corrected chi connectivity index (χ0v) is 15.0. The van der Waals surface area contributed by atoms with Gasteiger partial charge in [0.2, 0.25) is 0 Å². The van der Waals surface area contributed by atoms with Crippen LogP contribution < -0.4 is 0 Å². The number of aliphatic hydroxyl groups excluding tert-OH is 1. The Hall–Kier alpha value is -2.19. The van der Waals surface area contributed by atoms with E-state index >= 15 is 0 Å². The predicted octanol–water partition coefficient (Wildman–Crippen LogP) is 2.88. The Balaban J connectivity index is 1.51. The maximum atomic E-state index is 13.0. The van der Waals surface area contributed by atoms with Gasteiger partial charge in [-0.3, -0.25) is 9.80 Å². The Morgan fingerprint density at radius 3 is 1.88 bits per heavy atom. The third-order valence-electron chi connectivity index (χ3n) is 4.67.